The van der Waals surface area contributed by atoms with Crippen molar-refractivity contribution >= 4 is 24.3 Å². The van der Waals surface area contributed by atoms with Gasteiger partial charge in [0.1, 0.15) is 11.5 Å². The normalized spacial score (nSPS) is 21.7. The van der Waals surface area contributed by atoms with Gasteiger partial charge in [-0.2, -0.15) is 0 Å². The van der Waals surface area contributed by atoms with Gasteiger partial charge in [-0.1, -0.05) is 48.5 Å². The van der Waals surface area contributed by atoms with E-state index in [4.69, 9.17) is 4.74 Å². The summed E-state index contributed by atoms with van der Waals surface area (Å²) >= 11 is 0. The van der Waals surface area contributed by atoms with Crippen LogP contribution >= 0.6 is 7.29 Å². The van der Waals surface area contributed by atoms with E-state index in [1.54, 1.807) is 19.2 Å². The second-order valence-corrected chi connectivity index (χ2v) is 8.91. The zero-order valence-corrected chi connectivity index (χ0v) is 15.7. The highest BCUT2D eigenvalue weighted by atomic mass is 31.2. The Bertz CT molecular complexity index is 991. The van der Waals surface area contributed by atoms with Crippen LogP contribution in [0.5, 0.6) is 5.75 Å². The van der Waals surface area contributed by atoms with Crippen molar-refractivity contribution in [2.24, 2.45) is 0 Å². The van der Waals surface area contributed by atoms with Crippen molar-refractivity contribution < 1.29 is 14.1 Å². The number of nitrogens with zero attached hydrogens (tertiary/aromatic N) is 1. The first-order valence-electron chi connectivity index (χ1n) is 8.60. The zero-order valence-electron chi connectivity index (χ0n) is 14.8. The van der Waals surface area contributed by atoms with Crippen LogP contribution in [0.15, 0.2) is 84.9 Å². The van der Waals surface area contributed by atoms with Crippen LogP contribution in [-0.4, -0.2) is 13.1 Å². The number of hydrogen-bond donors (Lipinski definition) is 1. The van der Waals surface area contributed by atoms with Crippen molar-refractivity contribution in [3.05, 3.63) is 90.5 Å². The predicted octanol–water partition coefficient (Wildman–Crippen LogP) is 4.53. The molecule has 0 saturated carbocycles. The van der Waals surface area contributed by atoms with E-state index in [0.717, 1.165) is 5.56 Å². The molecule has 6 heteroatoms. The number of hydrogen-bond acceptors (Lipinski definition) is 3. The summed E-state index contributed by atoms with van der Waals surface area (Å²) in [4.78, 5) is 12.9. The smallest absolute Gasteiger partial charge is 0.328 e. The van der Waals surface area contributed by atoms with Crippen molar-refractivity contribution in [2.75, 3.05) is 11.8 Å². The summed E-state index contributed by atoms with van der Waals surface area (Å²) in [5.74, 6) is 0.0658. The number of carbonyl (C=O) groups excluding carboxylic acids is 1. The SMILES string of the molecule is COc1ccc([C@@H]2NC(=O)N(c3ccccc3)[P@@]2(=O)c2ccccc2)cc1. The van der Waals surface area contributed by atoms with E-state index < -0.39 is 13.1 Å². The molecule has 3 aromatic carbocycles. The largest absolute Gasteiger partial charge is 0.497 e. The first-order chi connectivity index (χ1) is 13.1. The molecular weight excluding hydrogens is 359 g/mol. The lowest BCUT2D eigenvalue weighted by molar-refractivity contribution is 0.251. The Morgan fingerprint density at radius 3 is 2.07 bits per heavy atom. The minimum absolute atomic E-state index is 0.366. The highest BCUT2D eigenvalue weighted by molar-refractivity contribution is 7.74. The lowest BCUT2D eigenvalue weighted by Gasteiger charge is -2.27. The molecule has 27 heavy (non-hydrogen) atoms. The van der Waals surface area contributed by atoms with Gasteiger partial charge in [0.2, 0.25) is 7.29 Å². The van der Waals surface area contributed by atoms with E-state index in [9.17, 15) is 9.36 Å². The highest BCUT2D eigenvalue weighted by Crippen LogP contribution is 2.64. The zero-order chi connectivity index (χ0) is 18.9. The van der Waals surface area contributed by atoms with Crippen molar-refractivity contribution in [1.29, 1.82) is 0 Å². The van der Waals surface area contributed by atoms with Crippen LogP contribution in [0.25, 0.3) is 0 Å². The number of methoxy groups -OCH3 is 1. The highest BCUT2D eigenvalue weighted by Gasteiger charge is 2.51. The molecule has 1 saturated heterocycles. The number of para-hydroxylation sites is 1. The van der Waals surface area contributed by atoms with E-state index in [0.29, 0.717) is 16.7 Å². The van der Waals surface area contributed by atoms with Crippen molar-refractivity contribution in [1.82, 2.24) is 5.32 Å². The summed E-state index contributed by atoms with van der Waals surface area (Å²) < 4.78 is 21.1. The van der Waals surface area contributed by atoms with Gasteiger partial charge < -0.3 is 10.1 Å². The monoisotopic (exact) mass is 378 g/mol. The van der Waals surface area contributed by atoms with Gasteiger partial charge in [-0.05, 0) is 42.0 Å². The predicted molar refractivity (Wildman–Crippen MR) is 107 cm³/mol. The van der Waals surface area contributed by atoms with Crippen molar-refractivity contribution in [3.63, 3.8) is 0 Å². The van der Waals surface area contributed by atoms with Gasteiger partial charge in [-0.3, -0.25) is 4.57 Å². The Labute approximate surface area is 158 Å². The Morgan fingerprint density at radius 1 is 0.889 bits per heavy atom. The maximum absolute atomic E-state index is 14.5. The third kappa shape index (κ3) is 2.90. The molecule has 0 spiro atoms. The summed E-state index contributed by atoms with van der Waals surface area (Å²) in [5.41, 5.74) is 1.38. The third-order valence-electron chi connectivity index (χ3n) is 4.66. The molecule has 3 aromatic rings. The molecule has 0 unspecified atom stereocenters. The molecule has 0 aliphatic carbocycles. The van der Waals surface area contributed by atoms with Crippen molar-refractivity contribution in [2.45, 2.75) is 5.78 Å². The van der Waals surface area contributed by atoms with Crippen LogP contribution in [-0.2, 0) is 4.57 Å². The molecule has 1 aliphatic rings. The van der Waals surface area contributed by atoms with Gasteiger partial charge in [-0.25, -0.2) is 9.46 Å². The van der Waals surface area contributed by atoms with E-state index in [1.807, 2.05) is 72.8 Å². The molecule has 4 rings (SSSR count). The fraction of sp³-hybridized carbons (Fsp3) is 0.0952. The maximum atomic E-state index is 14.5. The number of nitrogens with one attached hydrogen (secondary N) is 1. The second-order valence-electron chi connectivity index (χ2n) is 6.23. The average Bonchev–Trinajstić information content (AvgIpc) is 3.01. The average molecular weight is 378 g/mol. The van der Waals surface area contributed by atoms with Gasteiger partial charge in [0.15, 0.2) is 0 Å². The van der Waals surface area contributed by atoms with Crippen LogP contribution < -0.4 is 20.0 Å². The molecule has 1 N–H and O–H groups in total. The van der Waals surface area contributed by atoms with E-state index in [-0.39, 0.29) is 6.03 Å². The number of rotatable bonds is 4. The van der Waals surface area contributed by atoms with Gasteiger partial charge in [0, 0.05) is 5.30 Å². The Morgan fingerprint density at radius 2 is 1.48 bits per heavy atom. The van der Waals surface area contributed by atoms with Crippen LogP contribution in [0, 0.1) is 0 Å². The van der Waals surface area contributed by atoms with E-state index >= 15 is 0 Å². The van der Waals surface area contributed by atoms with E-state index in [1.165, 1.54) is 4.67 Å². The third-order valence-corrected chi connectivity index (χ3v) is 7.83. The lowest BCUT2D eigenvalue weighted by atomic mass is 10.2. The number of anilines is 1. The molecule has 5 nitrogen and oxygen atoms in total. The standard InChI is InChI=1S/C21H19N2O3P/c1-26-18-14-12-16(13-15-18)20-22-21(24)23(17-8-4-2-5-9-17)27(20,25)19-10-6-3-7-11-19/h2-15,20H,1H3,(H,22,24)/t20-,27-/m1/s1. The van der Waals surface area contributed by atoms with Gasteiger partial charge in [-0.15, -0.1) is 0 Å². The minimum atomic E-state index is -3.33. The summed E-state index contributed by atoms with van der Waals surface area (Å²) in [7, 11) is -1.74. The van der Waals surface area contributed by atoms with Crippen molar-refractivity contribution in [3.8, 4) is 5.75 Å². The van der Waals surface area contributed by atoms with Crippen LogP contribution in [0.4, 0.5) is 10.5 Å². The molecule has 0 aromatic heterocycles. The molecule has 1 aliphatic heterocycles. The molecule has 1 heterocycles. The molecule has 136 valence electrons. The molecule has 0 radical (unpaired) electrons. The number of benzene rings is 3. The van der Waals surface area contributed by atoms with Crippen LogP contribution in [0.1, 0.15) is 11.3 Å². The molecule has 2 atom stereocenters. The fourth-order valence-electron chi connectivity index (χ4n) is 3.35. The fourth-order valence-corrected chi connectivity index (χ4v) is 6.38. The van der Waals surface area contributed by atoms with Gasteiger partial charge >= 0.3 is 6.03 Å². The second kappa shape index (κ2) is 6.93. The Kier molecular flexibility index (Phi) is 4.46. The van der Waals surface area contributed by atoms with Crippen LogP contribution in [0.2, 0.25) is 0 Å². The molecule has 2 amide bonds. The maximum Gasteiger partial charge on any atom is 0.328 e. The quantitative estimate of drug-likeness (QED) is 0.679. The number of carbonyl (C=O) groups is 1. The number of amides is 2. The molecule has 0 bridgehead atoms. The van der Waals surface area contributed by atoms with E-state index in [2.05, 4.69) is 5.32 Å². The summed E-state index contributed by atoms with van der Waals surface area (Å²) in [6, 6.07) is 25.2. The number of urea groups is 1. The molecular formula is C21H19N2O3P. The summed E-state index contributed by atoms with van der Waals surface area (Å²) in [6.07, 6.45) is 0. The lowest BCUT2D eigenvalue weighted by Crippen LogP contribution is -2.28. The summed E-state index contributed by atoms with van der Waals surface area (Å²) in [6.45, 7) is 0. The Balaban J connectivity index is 1.88. The van der Waals surface area contributed by atoms with Crippen LogP contribution in [0.3, 0.4) is 0 Å². The first-order valence-corrected chi connectivity index (χ1v) is 10.3. The first kappa shape index (κ1) is 17.4. The summed E-state index contributed by atoms with van der Waals surface area (Å²) in [5, 5.41) is 3.56. The van der Waals surface area contributed by atoms with Gasteiger partial charge in [0.05, 0.1) is 12.8 Å². The topological polar surface area (TPSA) is 58.6 Å². The van der Waals surface area contributed by atoms with Gasteiger partial charge in [0.25, 0.3) is 0 Å². The molecule has 1 fully saturated rings. The Hall–Kier alpha value is -3.04. The minimum Gasteiger partial charge on any atom is -0.497 e. The number of ether oxygens (including phenoxy) is 1.